The molecule has 1 aromatic heterocycles. The summed E-state index contributed by atoms with van der Waals surface area (Å²) in [6.07, 6.45) is 4.64. The molecule has 2 heterocycles. The third-order valence-corrected chi connectivity index (χ3v) is 3.73. The first-order chi connectivity index (χ1) is 9.67. The van der Waals surface area contributed by atoms with Crippen LogP contribution in [-0.2, 0) is 11.3 Å². The van der Waals surface area contributed by atoms with Crippen molar-refractivity contribution < 1.29 is 9.53 Å². The van der Waals surface area contributed by atoms with Crippen molar-refractivity contribution in [2.45, 2.75) is 31.8 Å². The van der Waals surface area contributed by atoms with Crippen molar-refractivity contribution in [3.05, 3.63) is 28.7 Å². The summed E-state index contributed by atoms with van der Waals surface area (Å²) in [5.41, 5.74) is 5.43. The van der Waals surface area contributed by atoms with E-state index in [4.69, 9.17) is 10.5 Å². The van der Waals surface area contributed by atoms with Crippen molar-refractivity contribution in [2.75, 3.05) is 20.2 Å². The summed E-state index contributed by atoms with van der Waals surface area (Å²) in [5.74, 6) is 0.185. The van der Waals surface area contributed by atoms with Gasteiger partial charge in [-0.25, -0.2) is 0 Å². The second kappa shape index (κ2) is 6.56. The van der Waals surface area contributed by atoms with Crippen LogP contribution in [-0.4, -0.2) is 41.6 Å². The van der Waals surface area contributed by atoms with Gasteiger partial charge in [0, 0.05) is 25.3 Å². The Morgan fingerprint density at radius 1 is 1.50 bits per heavy atom. The van der Waals surface area contributed by atoms with Crippen molar-refractivity contribution in [3.63, 3.8) is 0 Å². The number of hydrogen-bond acceptors (Lipinski definition) is 4. The Labute approximate surface area is 118 Å². The molecule has 0 aromatic carbocycles. The average molecular weight is 279 g/mol. The average Bonchev–Trinajstić information content (AvgIpc) is 2.49. The van der Waals surface area contributed by atoms with Gasteiger partial charge in [0.2, 0.25) is 5.91 Å². The van der Waals surface area contributed by atoms with Crippen LogP contribution >= 0.6 is 0 Å². The van der Waals surface area contributed by atoms with Crippen molar-refractivity contribution >= 4 is 5.91 Å². The molecular formula is C14H21N3O3. The number of aromatic nitrogens is 1. The summed E-state index contributed by atoms with van der Waals surface area (Å²) in [6, 6.07) is 3.38. The normalized spacial score (nSPS) is 18.9. The maximum atomic E-state index is 12.4. The molecule has 2 N–H and O–H groups in total. The van der Waals surface area contributed by atoms with Crippen LogP contribution < -0.4 is 16.0 Å². The lowest BCUT2D eigenvalue weighted by Gasteiger charge is -2.35. The Morgan fingerprint density at radius 3 is 3.00 bits per heavy atom. The quantitative estimate of drug-likeness (QED) is 0.854. The number of nitrogens with two attached hydrogens (primary N) is 1. The number of carbonyl (C=O) groups excluding carboxylic acids is 1. The largest absolute Gasteiger partial charge is 0.491 e. The molecule has 6 heteroatoms. The van der Waals surface area contributed by atoms with Gasteiger partial charge in [-0.15, -0.1) is 0 Å². The molecule has 110 valence electrons. The van der Waals surface area contributed by atoms with E-state index in [0.29, 0.717) is 6.54 Å². The van der Waals surface area contributed by atoms with Gasteiger partial charge in [0.15, 0.2) is 5.75 Å². The van der Waals surface area contributed by atoms with Crippen LogP contribution in [0.5, 0.6) is 5.75 Å². The lowest BCUT2D eigenvalue weighted by Crippen LogP contribution is -2.49. The zero-order chi connectivity index (χ0) is 14.5. The zero-order valence-corrected chi connectivity index (χ0v) is 11.7. The zero-order valence-electron chi connectivity index (χ0n) is 11.7. The lowest BCUT2D eigenvalue weighted by atomic mass is 10.0. The number of rotatable bonds is 4. The Morgan fingerprint density at radius 2 is 2.30 bits per heavy atom. The number of carbonyl (C=O) groups is 1. The summed E-state index contributed by atoms with van der Waals surface area (Å²) in [4.78, 5) is 26.2. The molecule has 1 amide bonds. The smallest absolute Gasteiger partial charge is 0.293 e. The number of methoxy groups -OCH3 is 1. The van der Waals surface area contributed by atoms with E-state index >= 15 is 0 Å². The number of amides is 1. The fourth-order valence-corrected chi connectivity index (χ4v) is 2.61. The number of hydrogen-bond donors (Lipinski definition) is 1. The van der Waals surface area contributed by atoms with Crippen LogP contribution in [0.15, 0.2) is 23.1 Å². The van der Waals surface area contributed by atoms with Crippen LogP contribution in [0, 0.1) is 0 Å². The molecule has 1 aliphatic heterocycles. The fourth-order valence-electron chi connectivity index (χ4n) is 2.61. The van der Waals surface area contributed by atoms with Gasteiger partial charge in [0.05, 0.1) is 7.11 Å². The van der Waals surface area contributed by atoms with Crippen LogP contribution in [0.1, 0.15) is 19.3 Å². The second-order valence-electron chi connectivity index (χ2n) is 4.98. The first-order valence-corrected chi connectivity index (χ1v) is 6.90. The number of ether oxygens (including phenoxy) is 1. The minimum atomic E-state index is -0.287. The number of nitrogens with zero attached hydrogens (tertiary/aromatic N) is 2. The van der Waals surface area contributed by atoms with Crippen LogP contribution in [0.25, 0.3) is 0 Å². The molecule has 0 saturated carbocycles. The van der Waals surface area contributed by atoms with Crippen LogP contribution in [0.3, 0.4) is 0 Å². The molecule has 0 spiro atoms. The minimum absolute atomic E-state index is 0.0343. The highest BCUT2D eigenvalue weighted by molar-refractivity contribution is 5.76. The van der Waals surface area contributed by atoms with Gasteiger partial charge >= 0.3 is 0 Å². The monoisotopic (exact) mass is 279 g/mol. The summed E-state index contributed by atoms with van der Waals surface area (Å²) < 4.78 is 6.36. The molecular weight excluding hydrogens is 258 g/mol. The van der Waals surface area contributed by atoms with Gasteiger partial charge in [0.1, 0.15) is 6.54 Å². The highest BCUT2D eigenvalue weighted by Crippen LogP contribution is 2.16. The SMILES string of the molecule is COc1cccn(CC(=O)N2CCCC[C@H]2CN)c1=O. The fraction of sp³-hybridized carbons (Fsp3) is 0.571. The highest BCUT2D eigenvalue weighted by atomic mass is 16.5. The molecule has 1 saturated heterocycles. The Hall–Kier alpha value is -1.82. The van der Waals surface area contributed by atoms with Gasteiger partial charge in [-0.1, -0.05) is 0 Å². The summed E-state index contributed by atoms with van der Waals surface area (Å²) >= 11 is 0. The maximum Gasteiger partial charge on any atom is 0.293 e. The minimum Gasteiger partial charge on any atom is -0.491 e. The van der Waals surface area contributed by atoms with Gasteiger partial charge in [0.25, 0.3) is 5.56 Å². The van der Waals surface area contributed by atoms with Crippen LogP contribution in [0.4, 0.5) is 0 Å². The first kappa shape index (κ1) is 14.6. The Kier molecular flexibility index (Phi) is 4.79. The van der Waals surface area contributed by atoms with Crippen LogP contribution in [0.2, 0.25) is 0 Å². The van der Waals surface area contributed by atoms with Gasteiger partial charge in [-0.05, 0) is 31.4 Å². The molecule has 0 radical (unpaired) electrons. The summed E-state index contributed by atoms with van der Waals surface area (Å²) in [5, 5.41) is 0. The van der Waals surface area contributed by atoms with E-state index in [-0.39, 0.29) is 29.8 Å². The Balaban J connectivity index is 2.13. The molecule has 0 bridgehead atoms. The molecule has 6 nitrogen and oxygen atoms in total. The molecule has 1 fully saturated rings. The molecule has 1 atom stereocenters. The van der Waals surface area contributed by atoms with Crippen molar-refractivity contribution in [2.24, 2.45) is 5.73 Å². The molecule has 1 aliphatic rings. The second-order valence-corrected chi connectivity index (χ2v) is 4.98. The molecule has 0 aliphatic carbocycles. The summed E-state index contributed by atoms with van der Waals surface area (Å²) in [6.45, 7) is 1.23. The van der Waals surface area contributed by atoms with E-state index in [1.165, 1.54) is 11.7 Å². The van der Waals surface area contributed by atoms with E-state index in [1.54, 1.807) is 23.2 Å². The van der Waals surface area contributed by atoms with Gasteiger partial charge in [-0.2, -0.15) is 0 Å². The maximum absolute atomic E-state index is 12.4. The molecule has 2 rings (SSSR count). The van der Waals surface area contributed by atoms with E-state index in [1.807, 2.05) is 0 Å². The van der Waals surface area contributed by atoms with E-state index in [9.17, 15) is 9.59 Å². The number of piperidine rings is 1. The summed E-state index contributed by atoms with van der Waals surface area (Å²) in [7, 11) is 1.44. The number of pyridine rings is 1. The third-order valence-electron chi connectivity index (χ3n) is 3.73. The van der Waals surface area contributed by atoms with Crippen molar-refractivity contribution in [1.82, 2.24) is 9.47 Å². The van der Waals surface area contributed by atoms with E-state index in [0.717, 1.165) is 25.8 Å². The van der Waals surface area contributed by atoms with E-state index in [2.05, 4.69) is 0 Å². The predicted octanol–water partition coefficient (Wildman–Crippen LogP) is 0.197. The molecule has 0 unspecified atom stereocenters. The van der Waals surface area contributed by atoms with Crippen molar-refractivity contribution in [3.8, 4) is 5.75 Å². The standard InChI is InChI=1S/C14H21N3O3/c1-20-12-6-4-7-16(14(12)19)10-13(18)17-8-3-2-5-11(17)9-15/h4,6-7,11H,2-3,5,8-10,15H2,1H3/t11-/m0/s1. The highest BCUT2D eigenvalue weighted by Gasteiger charge is 2.25. The Bertz CT molecular complexity index is 527. The van der Waals surface area contributed by atoms with E-state index < -0.39 is 0 Å². The van der Waals surface area contributed by atoms with Crippen molar-refractivity contribution in [1.29, 1.82) is 0 Å². The van der Waals surface area contributed by atoms with Gasteiger partial charge in [-0.3, -0.25) is 9.59 Å². The molecule has 1 aromatic rings. The topological polar surface area (TPSA) is 77.6 Å². The number of likely N-dealkylation sites (tertiary alicyclic amines) is 1. The van der Waals surface area contributed by atoms with Gasteiger partial charge < -0.3 is 19.9 Å². The third kappa shape index (κ3) is 3.01. The lowest BCUT2D eigenvalue weighted by molar-refractivity contribution is -0.135. The molecule has 20 heavy (non-hydrogen) atoms. The first-order valence-electron chi connectivity index (χ1n) is 6.90. The predicted molar refractivity (Wildman–Crippen MR) is 75.7 cm³/mol.